The Bertz CT molecular complexity index is 716. The molecule has 4 heteroatoms. The number of hydrogen-bond donors (Lipinski definition) is 0. The fourth-order valence-electron chi connectivity index (χ4n) is 2.10. The predicted molar refractivity (Wildman–Crippen MR) is 68.9 cm³/mol. The van der Waals surface area contributed by atoms with E-state index in [2.05, 4.69) is 10.2 Å². The summed E-state index contributed by atoms with van der Waals surface area (Å²) in [5, 5.41) is 8.59. The maximum Gasteiger partial charge on any atom is 0.161 e. The van der Waals surface area contributed by atoms with Crippen LogP contribution < -0.4 is 0 Å². The Balaban J connectivity index is 2.34. The number of carbonyl (C=O) groups is 1. The highest BCUT2D eigenvalue weighted by Crippen LogP contribution is 2.24. The topological polar surface area (TPSA) is 47.8 Å². The molecule has 0 aliphatic heterocycles. The second-order valence-electron chi connectivity index (χ2n) is 4.09. The quantitative estimate of drug-likeness (QED) is 0.644. The Morgan fingerprint density at radius 2 is 2.00 bits per heavy atom. The van der Waals surface area contributed by atoms with Crippen LogP contribution in [-0.2, 0) is 0 Å². The molecule has 0 saturated carbocycles. The van der Waals surface area contributed by atoms with Gasteiger partial charge in [-0.1, -0.05) is 18.2 Å². The van der Waals surface area contributed by atoms with E-state index in [1.165, 1.54) is 0 Å². The zero-order chi connectivity index (χ0) is 12.5. The molecule has 0 atom stereocenters. The normalized spacial score (nSPS) is 10.7. The third-order valence-corrected chi connectivity index (χ3v) is 2.94. The van der Waals surface area contributed by atoms with Crippen molar-refractivity contribution < 1.29 is 4.79 Å². The molecule has 2 heterocycles. The highest BCUT2D eigenvalue weighted by Gasteiger charge is 2.12. The van der Waals surface area contributed by atoms with E-state index in [0.717, 1.165) is 22.2 Å². The van der Waals surface area contributed by atoms with Crippen molar-refractivity contribution in [1.29, 1.82) is 0 Å². The van der Waals surface area contributed by atoms with E-state index < -0.39 is 0 Å². The lowest BCUT2D eigenvalue weighted by atomic mass is 10.1. The Kier molecular flexibility index (Phi) is 2.41. The van der Waals surface area contributed by atoms with Gasteiger partial charge in [-0.15, -0.1) is 0 Å². The van der Waals surface area contributed by atoms with Crippen molar-refractivity contribution in [2.75, 3.05) is 0 Å². The molecule has 1 aromatic carbocycles. The van der Waals surface area contributed by atoms with E-state index in [4.69, 9.17) is 0 Å². The van der Waals surface area contributed by atoms with Crippen LogP contribution >= 0.6 is 0 Å². The number of carbonyl (C=O) groups excluding carboxylic acids is 1. The first-order chi connectivity index (χ1) is 8.77. The van der Waals surface area contributed by atoms with Crippen molar-refractivity contribution in [3.63, 3.8) is 0 Å². The number of fused-ring (bicyclic) bond motifs is 1. The van der Waals surface area contributed by atoms with Crippen LogP contribution in [0.5, 0.6) is 0 Å². The van der Waals surface area contributed by atoms with Crippen LogP contribution in [0.1, 0.15) is 17.3 Å². The van der Waals surface area contributed by atoms with E-state index >= 15 is 0 Å². The molecular weight excluding hydrogens is 226 g/mol. The van der Waals surface area contributed by atoms with Gasteiger partial charge in [0.1, 0.15) is 0 Å². The average molecular weight is 237 g/mol. The molecule has 0 aliphatic carbocycles. The third-order valence-electron chi connectivity index (χ3n) is 2.94. The maximum atomic E-state index is 11.7. The van der Waals surface area contributed by atoms with Crippen molar-refractivity contribution in [1.82, 2.24) is 14.8 Å². The van der Waals surface area contributed by atoms with Gasteiger partial charge in [0.25, 0.3) is 0 Å². The lowest BCUT2D eigenvalue weighted by molar-refractivity contribution is 0.101. The third kappa shape index (κ3) is 1.59. The van der Waals surface area contributed by atoms with Crippen molar-refractivity contribution >= 4 is 16.7 Å². The van der Waals surface area contributed by atoms with Crippen molar-refractivity contribution in [3.8, 4) is 5.69 Å². The molecule has 0 aliphatic rings. The standard InChI is InChI=1S/C14H11N3O/c1-10(18)13-9-17(11-6-7-15-16-8-11)14-5-3-2-4-12(13)14/h2-9H,1H3. The molecule has 0 saturated heterocycles. The first kappa shape index (κ1) is 10.7. The molecule has 3 rings (SSSR count). The molecule has 0 bridgehead atoms. The van der Waals surface area contributed by atoms with Gasteiger partial charge in [-0.3, -0.25) is 4.79 Å². The van der Waals surface area contributed by atoms with Crippen LogP contribution in [0.25, 0.3) is 16.6 Å². The Labute approximate surface area is 104 Å². The number of hydrogen-bond acceptors (Lipinski definition) is 3. The van der Waals surface area contributed by atoms with Gasteiger partial charge in [0.15, 0.2) is 5.78 Å². The Hall–Kier alpha value is -2.49. The number of rotatable bonds is 2. The summed E-state index contributed by atoms with van der Waals surface area (Å²) in [6.07, 6.45) is 5.16. The van der Waals surface area contributed by atoms with Crippen LogP contribution in [0, 0.1) is 0 Å². The second kappa shape index (κ2) is 4.07. The molecular formula is C14H11N3O. The number of Topliss-reactive ketones (excluding diaryl/α,β-unsaturated/α-hetero) is 1. The molecule has 3 aromatic rings. The van der Waals surface area contributed by atoms with E-state index in [0.29, 0.717) is 0 Å². The number of aromatic nitrogens is 3. The first-order valence-corrected chi connectivity index (χ1v) is 5.65. The molecule has 0 unspecified atom stereocenters. The van der Waals surface area contributed by atoms with Crippen molar-refractivity contribution in [3.05, 3.63) is 54.5 Å². The molecule has 0 radical (unpaired) electrons. The smallest absolute Gasteiger partial charge is 0.161 e. The molecule has 0 fully saturated rings. The summed E-state index contributed by atoms with van der Waals surface area (Å²) in [5.41, 5.74) is 2.62. The molecule has 2 aromatic heterocycles. The van der Waals surface area contributed by atoms with Crippen LogP contribution in [0.2, 0.25) is 0 Å². The molecule has 0 N–H and O–H groups in total. The summed E-state index contributed by atoms with van der Waals surface area (Å²) in [7, 11) is 0. The van der Waals surface area contributed by atoms with E-state index in [-0.39, 0.29) is 5.78 Å². The van der Waals surface area contributed by atoms with Crippen molar-refractivity contribution in [2.24, 2.45) is 0 Å². The van der Waals surface area contributed by atoms with Gasteiger partial charge >= 0.3 is 0 Å². The van der Waals surface area contributed by atoms with Gasteiger partial charge in [0.2, 0.25) is 0 Å². The van der Waals surface area contributed by atoms with Crippen LogP contribution in [0.3, 0.4) is 0 Å². The first-order valence-electron chi connectivity index (χ1n) is 5.65. The molecule has 4 nitrogen and oxygen atoms in total. The Morgan fingerprint density at radius 1 is 1.17 bits per heavy atom. The van der Waals surface area contributed by atoms with Gasteiger partial charge < -0.3 is 4.57 Å². The fraction of sp³-hybridized carbons (Fsp3) is 0.0714. The molecule has 0 spiro atoms. The molecule has 18 heavy (non-hydrogen) atoms. The summed E-state index contributed by atoms with van der Waals surface area (Å²) < 4.78 is 1.96. The van der Waals surface area contributed by atoms with Crippen LogP contribution in [0.15, 0.2) is 48.9 Å². The number of ketones is 1. The van der Waals surface area contributed by atoms with Gasteiger partial charge in [-0.2, -0.15) is 10.2 Å². The Morgan fingerprint density at radius 3 is 2.72 bits per heavy atom. The van der Waals surface area contributed by atoms with Gasteiger partial charge in [0.05, 0.1) is 23.6 Å². The van der Waals surface area contributed by atoms with Crippen LogP contribution in [-0.4, -0.2) is 20.5 Å². The monoisotopic (exact) mass is 237 g/mol. The molecule has 0 amide bonds. The number of nitrogens with zero attached hydrogens (tertiary/aromatic N) is 3. The summed E-state index contributed by atoms with van der Waals surface area (Å²) in [6.45, 7) is 1.58. The van der Waals surface area contributed by atoms with Crippen molar-refractivity contribution in [2.45, 2.75) is 6.92 Å². The highest BCUT2D eigenvalue weighted by molar-refractivity contribution is 6.07. The minimum Gasteiger partial charge on any atom is -0.314 e. The van der Waals surface area contributed by atoms with Gasteiger partial charge in [-0.05, 0) is 19.1 Å². The zero-order valence-electron chi connectivity index (χ0n) is 9.87. The van der Waals surface area contributed by atoms with E-state index in [1.807, 2.05) is 41.1 Å². The average Bonchev–Trinajstić information content (AvgIpc) is 2.79. The molecule has 88 valence electrons. The minimum absolute atomic E-state index is 0.0620. The summed E-state index contributed by atoms with van der Waals surface area (Å²) in [6, 6.07) is 9.70. The summed E-state index contributed by atoms with van der Waals surface area (Å²) in [5.74, 6) is 0.0620. The highest BCUT2D eigenvalue weighted by atomic mass is 16.1. The lowest BCUT2D eigenvalue weighted by Crippen LogP contribution is -1.94. The summed E-state index contributed by atoms with van der Waals surface area (Å²) in [4.78, 5) is 11.7. The number of benzene rings is 1. The minimum atomic E-state index is 0.0620. The van der Waals surface area contributed by atoms with Crippen LogP contribution in [0.4, 0.5) is 0 Å². The lowest BCUT2D eigenvalue weighted by Gasteiger charge is -2.02. The fourth-order valence-corrected chi connectivity index (χ4v) is 2.10. The van der Waals surface area contributed by atoms with Gasteiger partial charge in [-0.25, -0.2) is 0 Å². The van der Waals surface area contributed by atoms with Gasteiger partial charge in [0, 0.05) is 17.1 Å². The SMILES string of the molecule is CC(=O)c1cn(-c2ccnnc2)c2ccccc12. The summed E-state index contributed by atoms with van der Waals surface area (Å²) >= 11 is 0. The van der Waals surface area contributed by atoms with E-state index in [9.17, 15) is 4.79 Å². The zero-order valence-corrected chi connectivity index (χ0v) is 9.87. The van der Waals surface area contributed by atoms with E-state index in [1.54, 1.807) is 19.3 Å². The largest absolute Gasteiger partial charge is 0.314 e. The maximum absolute atomic E-state index is 11.7. The second-order valence-corrected chi connectivity index (χ2v) is 4.09. The number of para-hydroxylation sites is 1. The predicted octanol–water partition coefficient (Wildman–Crippen LogP) is 2.62.